The van der Waals surface area contributed by atoms with E-state index in [1.165, 1.54) is 12.1 Å². The Balaban J connectivity index is 1.69. The molecule has 3 aromatic carbocycles. The minimum atomic E-state index is -0.895. The number of fused-ring (bicyclic) bond motifs is 3. The molecule has 0 fully saturated rings. The number of nitrogens with zero attached hydrogens (tertiary/aromatic N) is 4. The first-order valence-electron chi connectivity index (χ1n) is 12.9. The molecule has 7 aromatic rings. The van der Waals surface area contributed by atoms with Gasteiger partial charge in [0.15, 0.2) is 0 Å². The molecule has 4 aromatic heterocycles. The Bertz CT molecular complexity index is 1850. The van der Waals surface area contributed by atoms with Crippen LogP contribution in [0.5, 0.6) is 0 Å². The van der Waals surface area contributed by atoms with E-state index in [2.05, 4.69) is 50.9 Å². The third-order valence-electron chi connectivity index (χ3n) is 7.38. The summed E-state index contributed by atoms with van der Waals surface area (Å²) in [6.07, 6.45) is 3.62. The summed E-state index contributed by atoms with van der Waals surface area (Å²) in [5.41, 5.74) is 4.61. The van der Waals surface area contributed by atoms with Crippen LogP contribution in [0, 0.1) is 11.9 Å². The lowest BCUT2D eigenvalue weighted by atomic mass is 9.76. The molecule has 0 radical (unpaired) electrons. The molecule has 0 aliphatic heterocycles. The molecule has 40 heavy (non-hydrogen) atoms. The molecule has 0 N–H and O–H groups in total. The molecular formula is C34H22F2N4. The van der Waals surface area contributed by atoms with Crippen LogP contribution in [0.15, 0.2) is 134 Å². The van der Waals surface area contributed by atoms with Gasteiger partial charge in [-0.25, -0.2) is 4.98 Å². The summed E-state index contributed by atoms with van der Waals surface area (Å²) in [7, 11) is 0. The average molecular weight is 525 g/mol. The zero-order valence-electron chi connectivity index (χ0n) is 21.2. The lowest BCUT2D eigenvalue weighted by Crippen LogP contribution is -2.37. The molecule has 0 aliphatic carbocycles. The quantitative estimate of drug-likeness (QED) is 0.171. The van der Waals surface area contributed by atoms with Crippen molar-refractivity contribution in [3.63, 3.8) is 0 Å². The molecule has 0 unspecified atom stereocenters. The molecule has 7 rings (SSSR count). The maximum absolute atomic E-state index is 14.1. The molecule has 0 bridgehead atoms. The summed E-state index contributed by atoms with van der Waals surface area (Å²) >= 11 is 0. The first-order chi connectivity index (χ1) is 19.7. The van der Waals surface area contributed by atoms with Crippen LogP contribution in [0.4, 0.5) is 8.78 Å². The fraction of sp³-hybridized carbons (Fsp3) is 0.0294. The minimum Gasteiger partial charge on any atom is -0.307 e. The van der Waals surface area contributed by atoms with Crippen molar-refractivity contribution in [2.45, 2.75) is 5.54 Å². The van der Waals surface area contributed by atoms with E-state index in [1.807, 2.05) is 72.9 Å². The van der Waals surface area contributed by atoms with Gasteiger partial charge in [0.2, 0.25) is 11.9 Å². The Morgan fingerprint density at radius 1 is 0.575 bits per heavy atom. The highest BCUT2D eigenvalue weighted by Gasteiger charge is 2.41. The molecule has 4 nitrogen and oxygen atoms in total. The third kappa shape index (κ3) is 3.68. The molecular weight excluding hydrogens is 502 g/mol. The lowest BCUT2D eigenvalue weighted by molar-refractivity contribution is 0.513. The zero-order chi connectivity index (χ0) is 27.1. The van der Waals surface area contributed by atoms with Crippen molar-refractivity contribution in [2.24, 2.45) is 0 Å². The highest BCUT2D eigenvalue weighted by atomic mass is 19.1. The van der Waals surface area contributed by atoms with Crippen LogP contribution < -0.4 is 0 Å². The number of rotatable bonds is 5. The van der Waals surface area contributed by atoms with Crippen molar-refractivity contribution in [1.82, 2.24) is 19.5 Å². The van der Waals surface area contributed by atoms with Gasteiger partial charge in [-0.2, -0.15) is 13.8 Å². The van der Waals surface area contributed by atoms with E-state index in [9.17, 15) is 8.78 Å². The molecule has 0 saturated carbocycles. The standard InChI is InChI=1S/C34H22F2N4/c35-31-20-23(21-32(36)39-31)29-17-16-27-28-22-37-19-18-30(28)40(33(27)38-29)34(24-10-4-1-5-11-24,25-12-6-2-7-13-25)26-14-8-3-9-15-26/h1-22H. The average Bonchev–Trinajstić information content (AvgIpc) is 3.33. The predicted octanol–water partition coefficient (Wildman–Crippen LogP) is 7.76. The number of aromatic nitrogens is 4. The fourth-order valence-corrected chi connectivity index (χ4v) is 5.77. The SMILES string of the molecule is Fc1cc(-c2ccc3c4cnccc4n(C(c4ccccc4)(c4ccccc4)c4ccccc4)c3n2)cc(F)n1. The Hall–Kier alpha value is -5.23. The molecule has 0 aliphatic rings. The van der Waals surface area contributed by atoms with Gasteiger partial charge in [-0.1, -0.05) is 91.0 Å². The fourth-order valence-electron chi connectivity index (χ4n) is 5.77. The molecule has 0 amide bonds. The molecule has 4 heterocycles. The Morgan fingerprint density at radius 2 is 1.12 bits per heavy atom. The number of halogens is 2. The van der Waals surface area contributed by atoms with Gasteiger partial charge >= 0.3 is 0 Å². The molecule has 0 atom stereocenters. The van der Waals surface area contributed by atoms with Crippen LogP contribution in [0.3, 0.4) is 0 Å². The predicted molar refractivity (Wildman–Crippen MR) is 153 cm³/mol. The third-order valence-corrected chi connectivity index (χ3v) is 7.38. The minimum absolute atomic E-state index is 0.312. The molecule has 0 saturated heterocycles. The second-order valence-corrected chi connectivity index (χ2v) is 9.61. The lowest BCUT2D eigenvalue weighted by Gasteiger charge is -2.38. The van der Waals surface area contributed by atoms with Crippen molar-refractivity contribution >= 4 is 21.9 Å². The smallest absolute Gasteiger partial charge is 0.216 e. The summed E-state index contributed by atoms with van der Waals surface area (Å²) < 4.78 is 30.5. The molecule has 0 spiro atoms. The summed E-state index contributed by atoms with van der Waals surface area (Å²) in [5.74, 6) is -1.79. The normalized spacial score (nSPS) is 11.8. The van der Waals surface area contributed by atoms with Crippen molar-refractivity contribution in [2.75, 3.05) is 0 Å². The number of pyridine rings is 3. The monoisotopic (exact) mass is 524 g/mol. The van der Waals surface area contributed by atoms with Gasteiger partial charge in [-0.05, 0) is 34.9 Å². The first-order valence-corrected chi connectivity index (χ1v) is 12.9. The molecule has 192 valence electrons. The van der Waals surface area contributed by atoms with E-state index in [-0.39, 0.29) is 0 Å². The summed E-state index contributed by atoms with van der Waals surface area (Å²) in [6.45, 7) is 0. The summed E-state index contributed by atoms with van der Waals surface area (Å²) in [4.78, 5) is 12.8. The van der Waals surface area contributed by atoms with Crippen LogP contribution in [-0.4, -0.2) is 19.5 Å². The van der Waals surface area contributed by atoms with Gasteiger partial charge in [0.05, 0.1) is 11.2 Å². The van der Waals surface area contributed by atoms with Crippen LogP contribution in [0.25, 0.3) is 33.2 Å². The summed E-state index contributed by atoms with van der Waals surface area (Å²) in [6, 6.07) is 39.1. The highest BCUT2D eigenvalue weighted by molar-refractivity contribution is 6.07. The summed E-state index contributed by atoms with van der Waals surface area (Å²) in [5, 5.41) is 1.81. The van der Waals surface area contributed by atoms with E-state index < -0.39 is 17.4 Å². The number of benzene rings is 3. The zero-order valence-corrected chi connectivity index (χ0v) is 21.2. The van der Waals surface area contributed by atoms with E-state index in [4.69, 9.17) is 4.98 Å². The van der Waals surface area contributed by atoms with Gasteiger partial charge in [0.25, 0.3) is 0 Å². The maximum Gasteiger partial charge on any atom is 0.216 e. The van der Waals surface area contributed by atoms with Crippen molar-refractivity contribution in [3.8, 4) is 11.3 Å². The largest absolute Gasteiger partial charge is 0.307 e. The van der Waals surface area contributed by atoms with Gasteiger partial charge in [-0.3, -0.25) is 4.98 Å². The number of hydrogen-bond acceptors (Lipinski definition) is 3. The van der Waals surface area contributed by atoms with Crippen molar-refractivity contribution in [1.29, 1.82) is 0 Å². The van der Waals surface area contributed by atoms with Crippen molar-refractivity contribution < 1.29 is 8.78 Å². The Labute approximate surface area is 229 Å². The molecule has 6 heteroatoms. The Morgan fingerprint density at radius 3 is 1.68 bits per heavy atom. The second-order valence-electron chi connectivity index (χ2n) is 9.61. The van der Waals surface area contributed by atoms with E-state index in [0.29, 0.717) is 16.9 Å². The van der Waals surface area contributed by atoms with Crippen LogP contribution in [0.1, 0.15) is 16.7 Å². The first kappa shape index (κ1) is 23.9. The van der Waals surface area contributed by atoms with Gasteiger partial charge in [-0.15, -0.1) is 0 Å². The van der Waals surface area contributed by atoms with Crippen LogP contribution >= 0.6 is 0 Å². The van der Waals surface area contributed by atoms with Crippen LogP contribution in [-0.2, 0) is 5.54 Å². The van der Waals surface area contributed by atoms with Crippen molar-refractivity contribution in [3.05, 3.63) is 162 Å². The van der Waals surface area contributed by atoms with Gasteiger partial charge in [0.1, 0.15) is 11.2 Å². The van der Waals surface area contributed by atoms with Crippen LogP contribution in [0.2, 0.25) is 0 Å². The van der Waals surface area contributed by atoms with Gasteiger partial charge in [0, 0.05) is 40.9 Å². The highest BCUT2D eigenvalue weighted by Crippen LogP contribution is 2.46. The topological polar surface area (TPSA) is 43.6 Å². The van der Waals surface area contributed by atoms with Gasteiger partial charge < -0.3 is 4.57 Å². The van der Waals surface area contributed by atoms with E-state index in [1.54, 1.807) is 12.3 Å². The van der Waals surface area contributed by atoms with E-state index >= 15 is 0 Å². The van der Waals surface area contributed by atoms with E-state index in [0.717, 1.165) is 33.0 Å². The number of hydrogen-bond donors (Lipinski definition) is 0. The second kappa shape index (κ2) is 9.50. The Kier molecular flexibility index (Phi) is 5.67. The maximum atomic E-state index is 14.1.